The Hall–Kier alpha value is -1.57. The standard InChI is InChI=1S/C17H27N3O/c1-15(2)20(3)11-10-19-14-16-7-6-8-17(13-16)21-12-5-4-9-18/h6-8,13,15,19H,4-5,10-12,14H2,1-3H3. The average Bonchev–Trinajstić information content (AvgIpc) is 2.48. The van der Waals surface area contributed by atoms with E-state index >= 15 is 0 Å². The van der Waals surface area contributed by atoms with Gasteiger partial charge >= 0.3 is 0 Å². The Kier molecular flexibility index (Phi) is 8.49. The third-order valence-corrected chi connectivity index (χ3v) is 3.45. The summed E-state index contributed by atoms with van der Waals surface area (Å²) in [6, 6.07) is 10.8. The van der Waals surface area contributed by atoms with Crippen LogP contribution in [0.4, 0.5) is 0 Å². The van der Waals surface area contributed by atoms with E-state index in [1.807, 2.05) is 12.1 Å². The molecule has 1 aromatic rings. The Balaban J connectivity index is 2.27. The number of benzene rings is 1. The van der Waals surface area contributed by atoms with E-state index in [2.05, 4.69) is 49.3 Å². The second kappa shape index (κ2) is 10.2. The van der Waals surface area contributed by atoms with E-state index < -0.39 is 0 Å². The SMILES string of the molecule is CC(C)N(C)CCNCc1cccc(OCCCC#N)c1. The van der Waals surface area contributed by atoms with Crippen LogP contribution in [0.15, 0.2) is 24.3 Å². The topological polar surface area (TPSA) is 48.3 Å². The minimum atomic E-state index is 0.546. The van der Waals surface area contributed by atoms with Gasteiger partial charge in [0.15, 0.2) is 0 Å². The number of nitrogens with zero attached hydrogens (tertiary/aromatic N) is 2. The minimum Gasteiger partial charge on any atom is -0.494 e. The fraction of sp³-hybridized carbons (Fsp3) is 0.588. The first-order valence-corrected chi connectivity index (χ1v) is 7.63. The van der Waals surface area contributed by atoms with Crippen LogP contribution in [-0.4, -0.2) is 37.7 Å². The maximum absolute atomic E-state index is 8.48. The number of ether oxygens (including phenoxy) is 1. The van der Waals surface area contributed by atoms with Crippen molar-refractivity contribution in [1.82, 2.24) is 10.2 Å². The number of nitriles is 1. The molecular weight excluding hydrogens is 262 g/mol. The summed E-state index contributed by atoms with van der Waals surface area (Å²) in [5, 5.41) is 11.9. The molecule has 0 amide bonds. The third kappa shape index (κ3) is 7.69. The fourth-order valence-electron chi connectivity index (χ4n) is 1.83. The second-order valence-electron chi connectivity index (χ2n) is 5.51. The maximum Gasteiger partial charge on any atom is 0.119 e. The number of unbranched alkanes of at least 4 members (excludes halogenated alkanes) is 1. The zero-order chi connectivity index (χ0) is 15.5. The van der Waals surface area contributed by atoms with Crippen LogP contribution in [0.2, 0.25) is 0 Å². The zero-order valence-electron chi connectivity index (χ0n) is 13.4. The van der Waals surface area contributed by atoms with Crippen molar-refractivity contribution in [2.24, 2.45) is 0 Å². The van der Waals surface area contributed by atoms with Crippen molar-refractivity contribution in [3.8, 4) is 11.8 Å². The van der Waals surface area contributed by atoms with Gasteiger partial charge in [-0.25, -0.2) is 0 Å². The second-order valence-corrected chi connectivity index (χ2v) is 5.51. The minimum absolute atomic E-state index is 0.546. The average molecular weight is 289 g/mol. The molecule has 0 fully saturated rings. The van der Waals surface area contributed by atoms with Crippen LogP contribution in [0.3, 0.4) is 0 Å². The van der Waals surface area contributed by atoms with Crippen molar-refractivity contribution in [3.05, 3.63) is 29.8 Å². The molecule has 4 heteroatoms. The Labute approximate surface area is 128 Å². The van der Waals surface area contributed by atoms with Gasteiger partial charge in [0.1, 0.15) is 5.75 Å². The Morgan fingerprint density at radius 1 is 1.38 bits per heavy atom. The molecule has 0 heterocycles. The summed E-state index contributed by atoms with van der Waals surface area (Å²) in [7, 11) is 2.14. The van der Waals surface area contributed by atoms with Gasteiger partial charge in [-0.15, -0.1) is 0 Å². The Morgan fingerprint density at radius 2 is 2.19 bits per heavy atom. The van der Waals surface area contributed by atoms with E-state index in [0.29, 0.717) is 19.1 Å². The summed E-state index contributed by atoms with van der Waals surface area (Å²) in [5.41, 5.74) is 1.22. The number of hydrogen-bond donors (Lipinski definition) is 1. The highest BCUT2D eigenvalue weighted by Gasteiger charge is 2.02. The molecule has 1 N–H and O–H groups in total. The molecule has 0 saturated heterocycles. The summed E-state index contributed by atoms with van der Waals surface area (Å²) in [5.74, 6) is 0.881. The Morgan fingerprint density at radius 3 is 2.90 bits per heavy atom. The van der Waals surface area contributed by atoms with E-state index in [1.54, 1.807) is 0 Å². The summed E-state index contributed by atoms with van der Waals surface area (Å²) in [6.45, 7) is 7.87. The number of nitrogens with one attached hydrogen (secondary N) is 1. The molecule has 1 rings (SSSR count). The van der Waals surface area contributed by atoms with E-state index in [0.717, 1.165) is 31.8 Å². The lowest BCUT2D eigenvalue weighted by atomic mass is 10.2. The van der Waals surface area contributed by atoms with Crippen molar-refractivity contribution in [2.75, 3.05) is 26.7 Å². The van der Waals surface area contributed by atoms with Crippen molar-refractivity contribution >= 4 is 0 Å². The number of likely N-dealkylation sites (N-methyl/N-ethyl adjacent to an activating group) is 1. The lowest BCUT2D eigenvalue weighted by Gasteiger charge is -2.21. The molecule has 116 valence electrons. The van der Waals surface area contributed by atoms with Gasteiger partial charge in [0.05, 0.1) is 12.7 Å². The van der Waals surface area contributed by atoms with Gasteiger partial charge in [0.2, 0.25) is 0 Å². The van der Waals surface area contributed by atoms with E-state index in [4.69, 9.17) is 10.00 Å². The van der Waals surface area contributed by atoms with Gasteiger partial charge in [0, 0.05) is 32.1 Å². The lowest BCUT2D eigenvalue weighted by molar-refractivity contribution is 0.273. The predicted molar refractivity (Wildman–Crippen MR) is 86.3 cm³/mol. The largest absolute Gasteiger partial charge is 0.494 e. The van der Waals surface area contributed by atoms with Gasteiger partial charge in [-0.2, -0.15) is 5.26 Å². The maximum atomic E-state index is 8.48. The third-order valence-electron chi connectivity index (χ3n) is 3.45. The molecule has 0 unspecified atom stereocenters. The van der Waals surface area contributed by atoms with Crippen LogP contribution in [0.1, 0.15) is 32.3 Å². The molecule has 0 aliphatic heterocycles. The van der Waals surface area contributed by atoms with Gasteiger partial charge in [-0.05, 0) is 45.0 Å². The molecule has 0 radical (unpaired) electrons. The molecule has 1 aromatic carbocycles. The highest BCUT2D eigenvalue weighted by atomic mass is 16.5. The summed E-state index contributed by atoms with van der Waals surface area (Å²) >= 11 is 0. The summed E-state index contributed by atoms with van der Waals surface area (Å²) in [6.07, 6.45) is 1.32. The Bertz CT molecular complexity index is 440. The van der Waals surface area contributed by atoms with Crippen molar-refractivity contribution < 1.29 is 4.74 Å². The molecular formula is C17H27N3O. The van der Waals surface area contributed by atoms with Crippen LogP contribution in [0.5, 0.6) is 5.75 Å². The van der Waals surface area contributed by atoms with Gasteiger partial charge in [0.25, 0.3) is 0 Å². The molecule has 0 saturated carbocycles. The quantitative estimate of drug-likeness (QED) is 0.673. The summed E-state index contributed by atoms with van der Waals surface area (Å²) < 4.78 is 5.64. The smallest absolute Gasteiger partial charge is 0.119 e. The molecule has 0 spiro atoms. The monoisotopic (exact) mass is 289 g/mol. The molecule has 0 atom stereocenters. The van der Waals surface area contributed by atoms with E-state index in [-0.39, 0.29) is 0 Å². The predicted octanol–water partition coefficient (Wildman–Crippen LogP) is 2.80. The molecule has 0 aromatic heterocycles. The molecule has 4 nitrogen and oxygen atoms in total. The molecule has 21 heavy (non-hydrogen) atoms. The van der Waals surface area contributed by atoms with Crippen molar-refractivity contribution in [1.29, 1.82) is 5.26 Å². The van der Waals surface area contributed by atoms with Crippen molar-refractivity contribution in [3.63, 3.8) is 0 Å². The first-order chi connectivity index (χ1) is 10.1. The van der Waals surface area contributed by atoms with Gasteiger partial charge < -0.3 is 15.0 Å². The number of hydrogen-bond acceptors (Lipinski definition) is 4. The van der Waals surface area contributed by atoms with Crippen LogP contribution < -0.4 is 10.1 Å². The highest BCUT2D eigenvalue weighted by molar-refractivity contribution is 5.28. The van der Waals surface area contributed by atoms with Gasteiger partial charge in [-0.3, -0.25) is 0 Å². The fourth-order valence-corrected chi connectivity index (χ4v) is 1.83. The van der Waals surface area contributed by atoms with Gasteiger partial charge in [-0.1, -0.05) is 12.1 Å². The van der Waals surface area contributed by atoms with E-state index in [1.165, 1.54) is 5.56 Å². The van der Waals surface area contributed by atoms with Crippen molar-refractivity contribution in [2.45, 2.75) is 39.3 Å². The summed E-state index contributed by atoms with van der Waals surface area (Å²) in [4.78, 5) is 2.32. The lowest BCUT2D eigenvalue weighted by Crippen LogP contribution is -2.33. The van der Waals surface area contributed by atoms with E-state index in [9.17, 15) is 0 Å². The number of rotatable bonds is 10. The first kappa shape index (κ1) is 17.5. The molecule has 0 bridgehead atoms. The van der Waals surface area contributed by atoms with Crippen LogP contribution in [0, 0.1) is 11.3 Å². The zero-order valence-corrected chi connectivity index (χ0v) is 13.4. The van der Waals surface area contributed by atoms with Crippen LogP contribution in [0.25, 0.3) is 0 Å². The first-order valence-electron chi connectivity index (χ1n) is 7.63. The van der Waals surface area contributed by atoms with Crippen LogP contribution in [-0.2, 0) is 6.54 Å². The highest BCUT2D eigenvalue weighted by Crippen LogP contribution is 2.13. The molecule has 0 aliphatic carbocycles. The normalized spacial score (nSPS) is 10.9. The van der Waals surface area contributed by atoms with Crippen LogP contribution >= 0.6 is 0 Å². The molecule has 0 aliphatic rings.